The largest absolute Gasteiger partial charge is 0.377 e. The zero-order valence-corrected chi connectivity index (χ0v) is 8.77. The van der Waals surface area contributed by atoms with E-state index >= 15 is 0 Å². The molecular formula is C9H17BrO. The molecule has 0 aliphatic heterocycles. The quantitative estimate of drug-likeness (QED) is 0.665. The molecule has 0 spiro atoms. The summed E-state index contributed by atoms with van der Waals surface area (Å²) in [5, 5.41) is 0.970. The van der Waals surface area contributed by atoms with Crippen LogP contribution < -0.4 is 0 Å². The zero-order valence-electron chi connectivity index (χ0n) is 7.18. The second kappa shape index (κ2) is 5.15. The van der Waals surface area contributed by atoms with Gasteiger partial charge in [-0.05, 0) is 18.8 Å². The molecule has 0 bridgehead atoms. The van der Waals surface area contributed by atoms with Crippen molar-refractivity contribution in [2.24, 2.45) is 5.92 Å². The molecule has 0 aromatic carbocycles. The molecule has 1 aliphatic carbocycles. The van der Waals surface area contributed by atoms with Crippen LogP contribution in [0.4, 0.5) is 0 Å². The molecule has 1 aliphatic rings. The monoisotopic (exact) mass is 220 g/mol. The predicted octanol–water partition coefficient (Wildman–Crippen LogP) is 2.98. The molecule has 0 aromatic rings. The molecule has 66 valence electrons. The molecule has 2 unspecified atom stereocenters. The standard InChI is InChI=1S/C9H17BrO/c1-8-3-2-4-9(7-8)11-6-5-10/h8-9H,2-7H2,1H3. The van der Waals surface area contributed by atoms with Crippen LogP contribution in [0.15, 0.2) is 0 Å². The van der Waals surface area contributed by atoms with Crippen LogP contribution in [0, 0.1) is 5.92 Å². The molecule has 1 fully saturated rings. The molecule has 1 nitrogen and oxygen atoms in total. The Morgan fingerprint density at radius 3 is 2.91 bits per heavy atom. The van der Waals surface area contributed by atoms with E-state index in [0.29, 0.717) is 6.10 Å². The number of alkyl halides is 1. The van der Waals surface area contributed by atoms with E-state index in [0.717, 1.165) is 17.9 Å². The average molecular weight is 221 g/mol. The molecule has 0 radical (unpaired) electrons. The van der Waals surface area contributed by atoms with E-state index in [2.05, 4.69) is 22.9 Å². The van der Waals surface area contributed by atoms with Crippen molar-refractivity contribution in [3.05, 3.63) is 0 Å². The van der Waals surface area contributed by atoms with Gasteiger partial charge in [0, 0.05) is 5.33 Å². The highest BCUT2D eigenvalue weighted by molar-refractivity contribution is 9.09. The first-order chi connectivity index (χ1) is 5.33. The molecule has 2 atom stereocenters. The minimum absolute atomic E-state index is 0.552. The number of hydrogen-bond acceptors (Lipinski definition) is 1. The third-order valence-electron chi connectivity index (χ3n) is 2.32. The Labute approximate surface area is 77.6 Å². The third-order valence-corrected chi connectivity index (χ3v) is 2.64. The molecule has 0 amide bonds. The lowest BCUT2D eigenvalue weighted by atomic mass is 9.89. The molecule has 1 rings (SSSR count). The lowest BCUT2D eigenvalue weighted by Gasteiger charge is -2.26. The van der Waals surface area contributed by atoms with Gasteiger partial charge in [0.1, 0.15) is 0 Å². The fourth-order valence-electron chi connectivity index (χ4n) is 1.74. The van der Waals surface area contributed by atoms with Crippen LogP contribution in [0.1, 0.15) is 32.6 Å². The van der Waals surface area contributed by atoms with E-state index < -0.39 is 0 Å². The van der Waals surface area contributed by atoms with E-state index in [9.17, 15) is 0 Å². The molecule has 0 aromatic heterocycles. The second-order valence-electron chi connectivity index (χ2n) is 3.45. The molecule has 1 saturated carbocycles. The first-order valence-corrected chi connectivity index (χ1v) is 5.62. The Morgan fingerprint density at radius 2 is 2.27 bits per heavy atom. The van der Waals surface area contributed by atoms with Crippen LogP contribution in [0.5, 0.6) is 0 Å². The molecule has 0 saturated heterocycles. The number of rotatable bonds is 3. The van der Waals surface area contributed by atoms with Crippen molar-refractivity contribution >= 4 is 15.9 Å². The van der Waals surface area contributed by atoms with Gasteiger partial charge in [0.05, 0.1) is 12.7 Å². The summed E-state index contributed by atoms with van der Waals surface area (Å²) in [7, 11) is 0. The van der Waals surface area contributed by atoms with Gasteiger partial charge in [-0.25, -0.2) is 0 Å². The smallest absolute Gasteiger partial charge is 0.0578 e. The first kappa shape index (κ1) is 9.53. The van der Waals surface area contributed by atoms with Crippen molar-refractivity contribution in [1.29, 1.82) is 0 Å². The Kier molecular flexibility index (Phi) is 4.46. The van der Waals surface area contributed by atoms with Crippen LogP contribution in [0.25, 0.3) is 0 Å². The number of ether oxygens (including phenoxy) is 1. The lowest BCUT2D eigenvalue weighted by molar-refractivity contribution is 0.0251. The van der Waals surface area contributed by atoms with Gasteiger partial charge in [-0.2, -0.15) is 0 Å². The zero-order chi connectivity index (χ0) is 8.10. The highest BCUT2D eigenvalue weighted by Crippen LogP contribution is 2.25. The van der Waals surface area contributed by atoms with Gasteiger partial charge in [0.25, 0.3) is 0 Å². The summed E-state index contributed by atoms with van der Waals surface area (Å²) in [6.07, 6.45) is 5.85. The molecule has 11 heavy (non-hydrogen) atoms. The summed E-state index contributed by atoms with van der Waals surface area (Å²) >= 11 is 3.37. The maximum absolute atomic E-state index is 5.66. The van der Waals surface area contributed by atoms with Crippen LogP contribution in [0.3, 0.4) is 0 Å². The summed E-state index contributed by atoms with van der Waals surface area (Å²) in [4.78, 5) is 0. The van der Waals surface area contributed by atoms with Crippen molar-refractivity contribution in [3.63, 3.8) is 0 Å². The van der Waals surface area contributed by atoms with Crippen LogP contribution in [-0.2, 0) is 4.74 Å². The van der Waals surface area contributed by atoms with Gasteiger partial charge in [0.15, 0.2) is 0 Å². The first-order valence-electron chi connectivity index (χ1n) is 4.50. The summed E-state index contributed by atoms with van der Waals surface area (Å²) in [6, 6.07) is 0. The van der Waals surface area contributed by atoms with E-state index in [4.69, 9.17) is 4.74 Å². The summed E-state index contributed by atoms with van der Waals surface area (Å²) in [5.74, 6) is 0.879. The predicted molar refractivity (Wildman–Crippen MR) is 51.2 cm³/mol. The summed E-state index contributed by atoms with van der Waals surface area (Å²) in [5.41, 5.74) is 0. The van der Waals surface area contributed by atoms with Crippen molar-refractivity contribution in [3.8, 4) is 0 Å². The number of hydrogen-bond donors (Lipinski definition) is 0. The number of halogens is 1. The van der Waals surface area contributed by atoms with Crippen LogP contribution in [0.2, 0.25) is 0 Å². The van der Waals surface area contributed by atoms with Gasteiger partial charge < -0.3 is 4.74 Å². The van der Waals surface area contributed by atoms with Crippen molar-refractivity contribution in [2.45, 2.75) is 38.7 Å². The van der Waals surface area contributed by atoms with Gasteiger partial charge >= 0.3 is 0 Å². The van der Waals surface area contributed by atoms with Gasteiger partial charge in [-0.3, -0.25) is 0 Å². The minimum atomic E-state index is 0.552. The maximum atomic E-state index is 5.66. The maximum Gasteiger partial charge on any atom is 0.0578 e. The normalized spacial score (nSPS) is 32.2. The Morgan fingerprint density at radius 1 is 1.45 bits per heavy atom. The second-order valence-corrected chi connectivity index (χ2v) is 4.25. The van der Waals surface area contributed by atoms with E-state index in [1.165, 1.54) is 25.7 Å². The molecule has 2 heteroatoms. The summed E-state index contributed by atoms with van der Waals surface area (Å²) < 4.78 is 5.66. The van der Waals surface area contributed by atoms with Crippen molar-refractivity contribution < 1.29 is 4.74 Å². The third kappa shape index (κ3) is 3.57. The Hall–Kier alpha value is 0.440. The Bertz CT molecular complexity index is 106. The van der Waals surface area contributed by atoms with E-state index in [1.807, 2.05) is 0 Å². The average Bonchev–Trinajstić information content (AvgIpc) is 2.01. The van der Waals surface area contributed by atoms with E-state index in [-0.39, 0.29) is 0 Å². The van der Waals surface area contributed by atoms with Crippen molar-refractivity contribution in [2.75, 3.05) is 11.9 Å². The highest BCUT2D eigenvalue weighted by Gasteiger charge is 2.18. The molecule has 0 heterocycles. The van der Waals surface area contributed by atoms with Crippen LogP contribution in [-0.4, -0.2) is 18.0 Å². The fourth-order valence-corrected chi connectivity index (χ4v) is 1.93. The van der Waals surface area contributed by atoms with Gasteiger partial charge in [-0.1, -0.05) is 35.7 Å². The van der Waals surface area contributed by atoms with E-state index in [1.54, 1.807) is 0 Å². The molecule has 0 N–H and O–H groups in total. The van der Waals surface area contributed by atoms with Crippen molar-refractivity contribution in [1.82, 2.24) is 0 Å². The SMILES string of the molecule is CC1CCCC(OCCBr)C1. The highest BCUT2D eigenvalue weighted by atomic mass is 79.9. The molecular weight excluding hydrogens is 204 g/mol. The minimum Gasteiger partial charge on any atom is -0.377 e. The lowest BCUT2D eigenvalue weighted by Crippen LogP contribution is -2.22. The van der Waals surface area contributed by atoms with Crippen LogP contribution >= 0.6 is 15.9 Å². The fraction of sp³-hybridized carbons (Fsp3) is 1.00. The topological polar surface area (TPSA) is 9.23 Å². The summed E-state index contributed by atoms with van der Waals surface area (Å²) in [6.45, 7) is 3.20. The van der Waals surface area contributed by atoms with Gasteiger partial charge in [0.2, 0.25) is 0 Å². The Balaban J connectivity index is 2.12. The van der Waals surface area contributed by atoms with Gasteiger partial charge in [-0.15, -0.1) is 0 Å².